The summed E-state index contributed by atoms with van der Waals surface area (Å²) < 4.78 is 23.7. The molecule has 1 aliphatic rings. The number of rotatable bonds is 4. The minimum atomic E-state index is -0.978. The van der Waals surface area contributed by atoms with Crippen LogP contribution in [0.3, 0.4) is 0 Å². The van der Waals surface area contributed by atoms with Crippen molar-refractivity contribution in [3.8, 4) is 5.75 Å². The topological polar surface area (TPSA) is 93.9 Å². The lowest BCUT2D eigenvalue weighted by Crippen LogP contribution is -2.40. The first-order valence-corrected chi connectivity index (χ1v) is 8.62. The lowest BCUT2D eigenvalue weighted by Gasteiger charge is -2.34. The number of hydrogen-bond acceptors (Lipinski definition) is 5. The molecule has 0 spiro atoms. The van der Waals surface area contributed by atoms with Crippen molar-refractivity contribution in [3.05, 3.63) is 24.0 Å². The Morgan fingerprint density at radius 3 is 2.50 bits per heavy atom. The molecule has 1 fully saturated rings. The van der Waals surface area contributed by atoms with Gasteiger partial charge in [-0.15, -0.1) is 0 Å². The number of amides is 2. The van der Waals surface area contributed by atoms with E-state index in [2.05, 4.69) is 5.32 Å². The summed E-state index contributed by atoms with van der Waals surface area (Å²) in [6.07, 6.45) is 0.295. The first-order valence-electron chi connectivity index (χ1n) is 8.62. The summed E-state index contributed by atoms with van der Waals surface area (Å²) in [7, 11) is 0. The number of carbonyl (C=O) groups excluding carboxylic acids is 2. The standard InChI is InChI=1S/C18H26FN3O4/c1-18(2,3)26-17(24)21-11-12-4-6-22(7-5-12)14-8-13(19)9-15(10-14)25-16(20)23/h8-10,12H,4-7,11H2,1-3H3,(H2,20,23)(H,21,24). The maximum absolute atomic E-state index is 13.7. The first kappa shape index (κ1) is 19.8. The zero-order chi connectivity index (χ0) is 19.3. The molecule has 2 amide bonds. The van der Waals surface area contributed by atoms with Crippen molar-refractivity contribution < 1.29 is 23.5 Å². The van der Waals surface area contributed by atoms with Crippen LogP contribution in [-0.2, 0) is 4.74 Å². The van der Waals surface area contributed by atoms with Gasteiger partial charge in [0.1, 0.15) is 17.2 Å². The van der Waals surface area contributed by atoms with Gasteiger partial charge in [-0.1, -0.05) is 0 Å². The zero-order valence-corrected chi connectivity index (χ0v) is 15.4. The van der Waals surface area contributed by atoms with Gasteiger partial charge >= 0.3 is 12.2 Å². The number of halogens is 1. The summed E-state index contributed by atoms with van der Waals surface area (Å²) in [6, 6.07) is 4.10. The Morgan fingerprint density at radius 1 is 1.27 bits per heavy atom. The van der Waals surface area contributed by atoms with Gasteiger partial charge in [0, 0.05) is 37.5 Å². The van der Waals surface area contributed by atoms with E-state index in [-0.39, 0.29) is 5.75 Å². The van der Waals surface area contributed by atoms with Gasteiger partial charge < -0.3 is 25.4 Å². The summed E-state index contributed by atoms with van der Waals surface area (Å²) in [5.41, 5.74) is 5.10. The Labute approximate surface area is 152 Å². The van der Waals surface area contributed by atoms with Gasteiger partial charge in [0.05, 0.1) is 0 Å². The van der Waals surface area contributed by atoms with Gasteiger partial charge in [0.15, 0.2) is 0 Å². The van der Waals surface area contributed by atoms with E-state index in [4.69, 9.17) is 15.2 Å². The molecule has 0 atom stereocenters. The number of anilines is 1. The molecule has 0 aliphatic carbocycles. The van der Waals surface area contributed by atoms with Crippen molar-refractivity contribution in [1.29, 1.82) is 0 Å². The van der Waals surface area contributed by atoms with Crippen LogP contribution in [0.15, 0.2) is 18.2 Å². The van der Waals surface area contributed by atoms with Crippen LogP contribution in [0.4, 0.5) is 19.7 Å². The molecule has 26 heavy (non-hydrogen) atoms. The molecule has 2 rings (SSSR count). The maximum Gasteiger partial charge on any atom is 0.409 e. The molecule has 144 valence electrons. The number of carbonyl (C=O) groups is 2. The van der Waals surface area contributed by atoms with Crippen molar-refractivity contribution >= 4 is 17.9 Å². The van der Waals surface area contributed by atoms with Crippen LogP contribution in [0.1, 0.15) is 33.6 Å². The second-order valence-corrected chi connectivity index (χ2v) is 7.38. The third-order valence-electron chi connectivity index (χ3n) is 3.99. The van der Waals surface area contributed by atoms with E-state index in [1.165, 1.54) is 6.07 Å². The fraction of sp³-hybridized carbons (Fsp3) is 0.556. The highest BCUT2D eigenvalue weighted by atomic mass is 19.1. The van der Waals surface area contributed by atoms with E-state index in [9.17, 15) is 14.0 Å². The Hall–Kier alpha value is -2.51. The van der Waals surface area contributed by atoms with E-state index >= 15 is 0 Å². The molecule has 1 aromatic carbocycles. The van der Waals surface area contributed by atoms with Crippen molar-refractivity contribution in [2.24, 2.45) is 11.7 Å². The van der Waals surface area contributed by atoms with Crippen molar-refractivity contribution in [2.75, 3.05) is 24.5 Å². The number of alkyl carbamates (subject to hydrolysis) is 1. The summed E-state index contributed by atoms with van der Waals surface area (Å²) in [5, 5.41) is 2.79. The van der Waals surface area contributed by atoms with Crippen LogP contribution in [0.25, 0.3) is 0 Å². The molecule has 3 N–H and O–H groups in total. The average Bonchev–Trinajstić information content (AvgIpc) is 2.50. The van der Waals surface area contributed by atoms with Crippen molar-refractivity contribution in [1.82, 2.24) is 5.32 Å². The Balaban J connectivity index is 1.85. The quantitative estimate of drug-likeness (QED) is 0.853. The zero-order valence-electron chi connectivity index (χ0n) is 15.4. The number of hydrogen-bond donors (Lipinski definition) is 2. The molecule has 1 heterocycles. The average molecular weight is 367 g/mol. The third kappa shape index (κ3) is 6.42. The summed E-state index contributed by atoms with van der Waals surface area (Å²) in [5.74, 6) is -0.0812. The van der Waals surface area contributed by atoms with Gasteiger partial charge in [-0.05, 0) is 45.6 Å². The van der Waals surface area contributed by atoms with Crippen LogP contribution in [0.2, 0.25) is 0 Å². The highest BCUT2D eigenvalue weighted by Crippen LogP contribution is 2.27. The Bertz CT molecular complexity index is 652. The first-order chi connectivity index (χ1) is 12.1. The van der Waals surface area contributed by atoms with Gasteiger partial charge in [0.2, 0.25) is 0 Å². The molecule has 1 aromatic rings. The molecule has 8 heteroatoms. The van der Waals surface area contributed by atoms with Gasteiger partial charge in [-0.2, -0.15) is 0 Å². The molecular weight excluding hydrogens is 341 g/mol. The molecule has 1 saturated heterocycles. The molecule has 0 bridgehead atoms. The van der Waals surface area contributed by atoms with E-state index in [0.717, 1.165) is 18.9 Å². The molecular formula is C18H26FN3O4. The van der Waals surface area contributed by atoms with Crippen LogP contribution in [0, 0.1) is 11.7 Å². The molecule has 7 nitrogen and oxygen atoms in total. The monoisotopic (exact) mass is 367 g/mol. The number of primary amides is 1. The SMILES string of the molecule is CC(C)(C)OC(=O)NCC1CCN(c2cc(F)cc(OC(N)=O)c2)CC1. The Morgan fingerprint density at radius 2 is 1.92 bits per heavy atom. The normalized spacial score (nSPS) is 15.5. The lowest BCUT2D eigenvalue weighted by atomic mass is 9.96. The second-order valence-electron chi connectivity index (χ2n) is 7.38. The lowest BCUT2D eigenvalue weighted by molar-refractivity contribution is 0.0516. The summed E-state index contributed by atoms with van der Waals surface area (Å²) >= 11 is 0. The number of nitrogens with zero attached hydrogens (tertiary/aromatic N) is 1. The summed E-state index contributed by atoms with van der Waals surface area (Å²) in [4.78, 5) is 24.6. The molecule has 0 saturated carbocycles. The van der Waals surface area contributed by atoms with Gasteiger partial charge in [-0.25, -0.2) is 14.0 Å². The van der Waals surface area contributed by atoms with E-state index in [1.54, 1.807) is 6.07 Å². The maximum atomic E-state index is 13.7. The predicted octanol–water partition coefficient (Wildman–Crippen LogP) is 3.02. The third-order valence-corrected chi connectivity index (χ3v) is 3.99. The largest absolute Gasteiger partial charge is 0.444 e. The number of nitrogens with two attached hydrogens (primary N) is 1. The Kier molecular flexibility index (Phi) is 6.28. The smallest absolute Gasteiger partial charge is 0.409 e. The highest BCUT2D eigenvalue weighted by molar-refractivity contribution is 5.69. The van der Waals surface area contributed by atoms with Crippen LogP contribution < -0.4 is 20.7 Å². The second kappa shape index (κ2) is 8.25. The number of piperidine rings is 1. The van der Waals surface area contributed by atoms with E-state index < -0.39 is 23.6 Å². The van der Waals surface area contributed by atoms with Gasteiger partial charge in [-0.3, -0.25) is 0 Å². The summed E-state index contributed by atoms with van der Waals surface area (Å²) in [6.45, 7) is 7.42. The highest BCUT2D eigenvalue weighted by Gasteiger charge is 2.22. The fourth-order valence-corrected chi connectivity index (χ4v) is 2.84. The fourth-order valence-electron chi connectivity index (χ4n) is 2.84. The van der Waals surface area contributed by atoms with E-state index in [0.29, 0.717) is 31.2 Å². The minimum absolute atomic E-state index is 0.0845. The van der Waals surface area contributed by atoms with Crippen LogP contribution in [0.5, 0.6) is 5.75 Å². The molecule has 0 unspecified atom stereocenters. The molecule has 1 aliphatic heterocycles. The number of ether oxygens (including phenoxy) is 2. The van der Waals surface area contributed by atoms with Crippen molar-refractivity contribution in [3.63, 3.8) is 0 Å². The van der Waals surface area contributed by atoms with Crippen LogP contribution in [-0.4, -0.2) is 37.4 Å². The number of benzene rings is 1. The minimum Gasteiger partial charge on any atom is -0.444 e. The van der Waals surface area contributed by atoms with Crippen molar-refractivity contribution in [2.45, 2.75) is 39.2 Å². The van der Waals surface area contributed by atoms with E-state index in [1.807, 2.05) is 25.7 Å². The molecule has 0 aromatic heterocycles. The predicted molar refractivity (Wildman–Crippen MR) is 95.8 cm³/mol. The van der Waals surface area contributed by atoms with Crippen LogP contribution >= 0.6 is 0 Å². The van der Waals surface area contributed by atoms with Gasteiger partial charge in [0.25, 0.3) is 0 Å². The molecule has 0 radical (unpaired) electrons. The number of nitrogens with one attached hydrogen (secondary N) is 1.